The molecule has 3 heteroatoms. The molecule has 0 radical (unpaired) electrons. The van der Waals surface area contributed by atoms with Gasteiger partial charge in [-0.15, -0.1) is 0 Å². The fraction of sp³-hybridized carbons (Fsp3) is 0.636. The molecule has 2 aliphatic rings. The molecule has 0 saturated carbocycles. The molecule has 1 aromatic carbocycles. The van der Waals surface area contributed by atoms with E-state index in [0.717, 1.165) is 38.2 Å². The third kappa shape index (κ3) is 3.71. The van der Waals surface area contributed by atoms with Crippen LogP contribution in [0.4, 0.5) is 0 Å². The monoisotopic (exact) mass is 341 g/mol. The third-order valence-electron chi connectivity index (χ3n) is 5.73. The van der Waals surface area contributed by atoms with Gasteiger partial charge in [-0.2, -0.15) is 0 Å². The Morgan fingerprint density at radius 1 is 1.16 bits per heavy atom. The van der Waals surface area contributed by atoms with Crippen molar-refractivity contribution in [3.05, 3.63) is 29.8 Å². The van der Waals surface area contributed by atoms with Crippen LogP contribution >= 0.6 is 0 Å². The van der Waals surface area contributed by atoms with Crippen molar-refractivity contribution in [1.82, 2.24) is 4.90 Å². The fourth-order valence-corrected chi connectivity index (χ4v) is 4.04. The van der Waals surface area contributed by atoms with Gasteiger partial charge >= 0.3 is 0 Å². The lowest BCUT2D eigenvalue weighted by atomic mass is 9.73. The summed E-state index contributed by atoms with van der Waals surface area (Å²) in [5.74, 6) is 8.11. The van der Waals surface area contributed by atoms with Crippen LogP contribution in [-0.2, 0) is 4.74 Å². The van der Waals surface area contributed by atoms with Gasteiger partial charge in [-0.3, -0.25) is 4.90 Å². The molecule has 0 aliphatic carbocycles. The minimum atomic E-state index is -0.380. The van der Waals surface area contributed by atoms with Gasteiger partial charge in [0.15, 0.2) is 0 Å². The topological polar surface area (TPSA) is 21.7 Å². The molecule has 3 rings (SSSR count). The van der Waals surface area contributed by atoms with E-state index in [1.54, 1.807) is 0 Å². The first-order valence-electron chi connectivity index (χ1n) is 9.56. The molecule has 0 bridgehead atoms. The molecular weight excluding hydrogens is 310 g/mol. The quantitative estimate of drug-likeness (QED) is 0.759. The summed E-state index contributed by atoms with van der Waals surface area (Å²) in [7, 11) is 0. The van der Waals surface area contributed by atoms with E-state index >= 15 is 0 Å². The Balaban J connectivity index is 1.83. The standard InChI is InChI=1S/C22H31NO2/c1-6-23(7-2)16-10-14-22(5)15-13-18-20(25-22)17-11-8-9-12-19(17)24-21(18,3)4/h8-9,11-12,18,20H,6-7,13,15-16H2,1-5H3/t18-,20-,22+/m0/s1. The van der Waals surface area contributed by atoms with Crippen molar-refractivity contribution in [3.8, 4) is 17.6 Å². The molecule has 2 heterocycles. The summed E-state index contributed by atoms with van der Waals surface area (Å²) >= 11 is 0. The summed E-state index contributed by atoms with van der Waals surface area (Å²) in [6, 6.07) is 8.28. The molecule has 1 aromatic rings. The number of rotatable bonds is 3. The summed E-state index contributed by atoms with van der Waals surface area (Å²) in [6.45, 7) is 13.7. The maximum atomic E-state index is 6.62. The summed E-state index contributed by atoms with van der Waals surface area (Å²) in [4.78, 5) is 2.33. The van der Waals surface area contributed by atoms with Crippen molar-refractivity contribution in [3.63, 3.8) is 0 Å². The molecule has 2 aliphatic heterocycles. The second-order valence-electron chi connectivity index (χ2n) is 7.92. The van der Waals surface area contributed by atoms with E-state index in [9.17, 15) is 0 Å². The first-order valence-corrected chi connectivity index (χ1v) is 9.56. The normalized spacial score (nSPS) is 29.8. The highest BCUT2D eigenvalue weighted by Crippen LogP contribution is 2.52. The summed E-state index contributed by atoms with van der Waals surface area (Å²) < 4.78 is 12.9. The smallest absolute Gasteiger partial charge is 0.126 e. The van der Waals surface area contributed by atoms with E-state index < -0.39 is 0 Å². The highest BCUT2D eigenvalue weighted by atomic mass is 16.5. The van der Waals surface area contributed by atoms with Crippen LogP contribution in [0.2, 0.25) is 0 Å². The average molecular weight is 341 g/mol. The Labute approximate surface area is 152 Å². The number of ether oxygens (including phenoxy) is 2. The van der Waals surface area contributed by atoms with Gasteiger partial charge in [-0.05, 0) is 52.8 Å². The van der Waals surface area contributed by atoms with Gasteiger partial charge in [-0.25, -0.2) is 0 Å². The molecule has 136 valence electrons. The van der Waals surface area contributed by atoms with Crippen molar-refractivity contribution in [2.24, 2.45) is 5.92 Å². The van der Waals surface area contributed by atoms with Crippen LogP contribution in [0.1, 0.15) is 59.1 Å². The zero-order chi connectivity index (χ0) is 18.1. The molecule has 0 unspecified atom stereocenters. The molecule has 25 heavy (non-hydrogen) atoms. The first-order chi connectivity index (χ1) is 11.9. The summed E-state index contributed by atoms with van der Waals surface area (Å²) in [6.07, 6.45) is 2.08. The number of benzene rings is 1. The Kier molecular flexibility index (Phi) is 5.14. The lowest BCUT2D eigenvalue weighted by Crippen LogP contribution is -2.50. The van der Waals surface area contributed by atoms with E-state index in [1.165, 1.54) is 5.56 Å². The van der Waals surface area contributed by atoms with Crippen LogP contribution in [0, 0.1) is 17.8 Å². The predicted octanol–water partition coefficient (Wildman–Crippen LogP) is 4.43. The second-order valence-corrected chi connectivity index (χ2v) is 7.92. The van der Waals surface area contributed by atoms with Crippen LogP contribution < -0.4 is 4.74 Å². The van der Waals surface area contributed by atoms with Crippen LogP contribution in [0.5, 0.6) is 5.75 Å². The van der Waals surface area contributed by atoms with Gasteiger partial charge in [0.2, 0.25) is 0 Å². The van der Waals surface area contributed by atoms with Gasteiger partial charge in [0.25, 0.3) is 0 Å². The van der Waals surface area contributed by atoms with Crippen molar-refractivity contribution in [1.29, 1.82) is 0 Å². The minimum absolute atomic E-state index is 0.0569. The minimum Gasteiger partial charge on any atom is -0.487 e. The number of fused-ring (bicyclic) bond motifs is 3. The summed E-state index contributed by atoms with van der Waals surface area (Å²) in [5, 5.41) is 0. The number of hydrogen-bond acceptors (Lipinski definition) is 3. The van der Waals surface area contributed by atoms with Crippen molar-refractivity contribution in [2.75, 3.05) is 19.6 Å². The van der Waals surface area contributed by atoms with E-state index in [-0.39, 0.29) is 17.3 Å². The van der Waals surface area contributed by atoms with Gasteiger partial charge in [-0.1, -0.05) is 43.9 Å². The molecule has 0 aromatic heterocycles. The van der Waals surface area contributed by atoms with E-state index in [1.807, 2.05) is 6.07 Å². The van der Waals surface area contributed by atoms with Gasteiger partial charge in [0.1, 0.15) is 17.0 Å². The third-order valence-corrected chi connectivity index (χ3v) is 5.73. The van der Waals surface area contributed by atoms with Crippen molar-refractivity contribution in [2.45, 2.75) is 64.8 Å². The van der Waals surface area contributed by atoms with Gasteiger partial charge in [0.05, 0.1) is 12.6 Å². The highest BCUT2D eigenvalue weighted by Gasteiger charge is 2.49. The maximum Gasteiger partial charge on any atom is 0.126 e. The predicted molar refractivity (Wildman–Crippen MR) is 102 cm³/mol. The van der Waals surface area contributed by atoms with Crippen molar-refractivity contribution < 1.29 is 9.47 Å². The van der Waals surface area contributed by atoms with Crippen molar-refractivity contribution >= 4 is 0 Å². The SMILES string of the molecule is CCN(CC)CC#C[C@]1(C)CC[C@H]2[C@@H](O1)c1ccccc1OC2(C)C. The van der Waals surface area contributed by atoms with Crippen LogP contribution in [0.25, 0.3) is 0 Å². The average Bonchev–Trinajstić information content (AvgIpc) is 2.58. The molecule has 1 saturated heterocycles. The molecule has 0 spiro atoms. The number of para-hydroxylation sites is 1. The Morgan fingerprint density at radius 3 is 2.60 bits per heavy atom. The lowest BCUT2D eigenvalue weighted by molar-refractivity contribution is -0.169. The maximum absolute atomic E-state index is 6.62. The van der Waals surface area contributed by atoms with Crippen LogP contribution in [0.3, 0.4) is 0 Å². The van der Waals surface area contributed by atoms with Gasteiger partial charge < -0.3 is 9.47 Å². The van der Waals surface area contributed by atoms with Crippen LogP contribution in [-0.4, -0.2) is 35.7 Å². The first kappa shape index (κ1) is 18.3. The molecular formula is C22H31NO2. The van der Waals surface area contributed by atoms with Gasteiger partial charge in [0, 0.05) is 11.5 Å². The Morgan fingerprint density at radius 2 is 1.88 bits per heavy atom. The largest absolute Gasteiger partial charge is 0.487 e. The molecule has 0 amide bonds. The Hall–Kier alpha value is -1.50. The van der Waals surface area contributed by atoms with E-state index in [0.29, 0.717) is 5.92 Å². The lowest BCUT2D eigenvalue weighted by Gasteiger charge is -2.50. The summed E-state index contributed by atoms with van der Waals surface area (Å²) in [5.41, 5.74) is 0.576. The zero-order valence-electron chi connectivity index (χ0n) is 16.3. The molecule has 0 N–H and O–H groups in total. The molecule has 1 fully saturated rings. The highest BCUT2D eigenvalue weighted by molar-refractivity contribution is 5.39. The second kappa shape index (κ2) is 7.02. The van der Waals surface area contributed by atoms with E-state index in [4.69, 9.17) is 9.47 Å². The fourth-order valence-electron chi connectivity index (χ4n) is 4.04. The molecule has 3 nitrogen and oxygen atoms in total. The molecule has 3 atom stereocenters. The number of nitrogens with zero attached hydrogens (tertiary/aromatic N) is 1. The Bertz CT molecular complexity index is 668. The van der Waals surface area contributed by atoms with E-state index in [2.05, 4.69) is 69.6 Å². The number of hydrogen-bond donors (Lipinski definition) is 0. The zero-order valence-corrected chi connectivity index (χ0v) is 16.3. The van der Waals surface area contributed by atoms with Crippen LogP contribution in [0.15, 0.2) is 24.3 Å².